The lowest BCUT2D eigenvalue weighted by Crippen LogP contribution is -2.05. The third-order valence-electron chi connectivity index (χ3n) is 2.51. The predicted octanol–water partition coefficient (Wildman–Crippen LogP) is 4.51. The molecule has 1 nitrogen and oxygen atoms in total. The summed E-state index contributed by atoms with van der Waals surface area (Å²) in [7, 11) is 0. The van der Waals surface area contributed by atoms with Crippen LogP contribution in [-0.2, 0) is 6.54 Å². The van der Waals surface area contributed by atoms with Gasteiger partial charge in [0, 0.05) is 29.3 Å². The molecule has 100 valence electrons. The van der Waals surface area contributed by atoms with Gasteiger partial charge < -0.3 is 5.32 Å². The monoisotopic (exact) mass is 289 g/mol. The van der Waals surface area contributed by atoms with Crippen molar-refractivity contribution in [2.24, 2.45) is 0 Å². The first-order valence-corrected chi connectivity index (χ1v) is 5.68. The molecule has 0 aliphatic carbocycles. The van der Waals surface area contributed by atoms with Gasteiger partial charge in [-0.3, -0.25) is 0 Å². The summed E-state index contributed by atoms with van der Waals surface area (Å²) in [6.45, 7) is -0.189. The van der Waals surface area contributed by atoms with Crippen molar-refractivity contribution in [3.8, 4) is 0 Å². The largest absolute Gasteiger partial charge is 0.378 e. The topological polar surface area (TPSA) is 12.0 Å². The Balaban J connectivity index is 2.24. The molecule has 0 bridgehead atoms. The van der Waals surface area contributed by atoms with Crippen molar-refractivity contribution < 1.29 is 17.6 Å². The second-order valence-electron chi connectivity index (χ2n) is 3.80. The van der Waals surface area contributed by atoms with Gasteiger partial charge >= 0.3 is 0 Å². The van der Waals surface area contributed by atoms with Crippen LogP contribution in [0.15, 0.2) is 30.3 Å². The fourth-order valence-corrected chi connectivity index (χ4v) is 1.80. The average molecular weight is 290 g/mol. The molecule has 2 rings (SSSR count). The number of benzene rings is 2. The molecule has 2 aromatic rings. The number of rotatable bonds is 3. The molecule has 2 aromatic carbocycles. The molecule has 19 heavy (non-hydrogen) atoms. The Hall–Kier alpha value is -1.75. The number of hydrogen-bond donors (Lipinski definition) is 1. The van der Waals surface area contributed by atoms with E-state index in [9.17, 15) is 17.6 Å². The van der Waals surface area contributed by atoms with Crippen LogP contribution in [0, 0.1) is 23.3 Å². The molecular formula is C13H8ClF4N. The Bertz CT molecular complexity index is 596. The first kappa shape index (κ1) is 13.7. The van der Waals surface area contributed by atoms with Crippen LogP contribution in [0.3, 0.4) is 0 Å². The zero-order chi connectivity index (χ0) is 14.0. The van der Waals surface area contributed by atoms with Gasteiger partial charge in [-0.2, -0.15) is 0 Å². The minimum atomic E-state index is -1.32. The molecule has 0 heterocycles. The van der Waals surface area contributed by atoms with Gasteiger partial charge in [-0.05, 0) is 12.1 Å². The van der Waals surface area contributed by atoms with Crippen LogP contribution in [0.2, 0.25) is 5.02 Å². The van der Waals surface area contributed by atoms with Gasteiger partial charge in [0.25, 0.3) is 0 Å². The third-order valence-corrected chi connectivity index (χ3v) is 2.86. The summed E-state index contributed by atoms with van der Waals surface area (Å²) < 4.78 is 52.7. The van der Waals surface area contributed by atoms with Crippen LogP contribution < -0.4 is 5.32 Å². The first-order chi connectivity index (χ1) is 8.99. The fourth-order valence-electron chi connectivity index (χ4n) is 1.57. The van der Waals surface area contributed by atoms with Crippen LogP contribution in [0.1, 0.15) is 5.56 Å². The lowest BCUT2D eigenvalue weighted by molar-refractivity contribution is 0.497. The molecule has 0 aliphatic rings. The van der Waals surface area contributed by atoms with E-state index < -0.39 is 29.0 Å². The van der Waals surface area contributed by atoms with E-state index in [1.54, 1.807) is 0 Å². The molecule has 6 heteroatoms. The third kappa shape index (κ3) is 2.98. The second-order valence-corrected chi connectivity index (χ2v) is 4.21. The molecular weight excluding hydrogens is 282 g/mol. The van der Waals surface area contributed by atoms with E-state index in [1.165, 1.54) is 18.2 Å². The van der Waals surface area contributed by atoms with E-state index in [-0.39, 0.29) is 17.1 Å². The summed E-state index contributed by atoms with van der Waals surface area (Å²) in [6, 6.07) is 5.28. The van der Waals surface area contributed by atoms with Crippen molar-refractivity contribution in [2.45, 2.75) is 6.54 Å². The molecule has 0 saturated carbocycles. The van der Waals surface area contributed by atoms with Gasteiger partial charge in [0.1, 0.15) is 11.6 Å². The molecule has 0 unspecified atom stereocenters. The molecule has 0 atom stereocenters. The van der Waals surface area contributed by atoms with Crippen molar-refractivity contribution in [1.82, 2.24) is 0 Å². The van der Waals surface area contributed by atoms with Crippen molar-refractivity contribution in [2.75, 3.05) is 5.32 Å². The van der Waals surface area contributed by atoms with Crippen LogP contribution in [0.25, 0.3) is 0 Å². The zero-order valence-electron chi connectivity index (χ0n) is 9.48. The Morgan fingerprint density at radius 3 is 2.42 bits per heavy atom. The Labute approximate surface area is 111 Å². The van der Waals surface area contributed by atoms with Gasteiger partial charge in [-0.25, -0.2) is 17.6 Å². The van der Waals surface area contributed by atoms with Gasteiger partial charge in [0.15, 0.2) is 11.6 Å². The lowest BCUT2D eigenvalue weighted by atomic mass is 10.2. The number of hydrogen-bond acceptors (Lipinski definition) is 1. The average Bonchev–Trinajstić information content (AvgIpc) is 2.34. The predicted molar refractivity (Wildman–Crippen MR) is 65.1 cm³/mol. The number of halogens is 5. The minimum absolute atomic E-state index is 0.0910. The van der Waals surface area contributed by atoms with Crippen molar-refractivity contribution in [3.05, 3.63) is 64.2 Å². The van der Waals surface area contributed by atoms with Crippen LogP contribution in [-0.4, -0.2) is 0 Å². The van der Waals surface area contributed by atoms with Crippen molar-refractivity contribution in [1.29, 1.82) is 0 Å². The summed E-state index contributed by atoms with van der Waals surface area (Å²) in [5.74, 6) is -4.06. The normalized spacial score (nSPS) is 10.6. The maximum atomic E-state index is 13.4. The Morgan fingerprint density at radius 1 is 1.00 bits per heavy atom. The Morgan fingerprint density at radius 2 is 1.74 bits per heavy atom. The fraction of sp³-hybridized carbons (Fsp3) is 0.0769. The SMILES string of the molecule is Fc1cc(F)c(F)c(NCc2c(F)cccc2Cl)c1. The quantitative estimate of drug-likeness (QED) is 0.647. The smallest absolute Gasteiger partial charge is 0.182 e. The molecule has 0 amide bonds. The first-order valence-electron chi connectivity index (χ1n) is 5.30. The minimum Gasteiger partial charge on any atom is -0.378 e. The summed E-state index contributed by atoms with van der Waals surface area (Å²) in [6.07, 6.45) is 0. The van der Waals surface area contributed by atoms with E-state index in [4.69, 9.17) is 11.6 Å². The van der Waals surface area contributed by atoms with Gasteiger partial charge in [-0.15, -0.1) is 0 Å². The summed E-state index contributed by atoms with van der Waals surface area (Å²) in [5, 5.41) is 2.56. The van der Waals surface area contributed by atoms with E-state index in [0.29, 0.717) is 6.07 Å². The molecule has 0 aliphatic heterocycles. The summed E-state index contributed by atoms with van der Waals surface area (Å²) in [4.78, 5) is 0. The van der Waals surface area contributed by atoms with E-state index >= 15 is 0 Å². The van der Waals surface area contributed by atoms with E-state index in [2.05, 4.69) is 5.32 Å². The highest BCUT2D eigenvalue weighted by Gasteiger charge is 2.12. The highest BCUT2D eigenvalue weighted by atomic mass is 35.5. The van der Waals surface area contributed by atoms with Gasteiger partial charge in [0.05, 0.1) is 5.69 Å². The molecule has 0 aromatic heterocycles. The lowest BCUT2D eigenvalue weighted by Gasteiger charge is -2.10. The van der Waals surface area contributed by atoms with Gasteiger partial charge in [-0.1, -0.05) is 17.7 Å². The van der Waals surface area contributed by atoms with Crippen LogP contribution in [0.4, 0.5) is 23.2 Å². The number of nitrogens with one attached hydrogen (secondary N) is 1. The van der Waals surface area contributed by atoms with Crippen molar-refractivity contribution >= 4 is 17.3 Å². The van der Waals surface area contributed by atoms with Crippen LogP contribution >= 0.6 is 11.6 Å². The highest BCUT2D eigenvalue weighted by Crippen LogP contribution is 2.23. The van der Waals surface area contributed by atoms with Crippen LogP contribution in [0.5, 0.6) is 0 Å². The molecule has 0 saturated heterocycles. The van der Waals surface area contributed by atoms with E-state index in [1.807, 2.05) is 0 Å². The maximum Gasteiger partial charge on any atom is 0.182 e. The van der Waals surface area contributed by atoms with Gasteiger partial charge in [0.2, 0.25) is 0 Å². The molecule has 0 radical (unpaired) electrons. The van der Waals surface area contributed by atoms with E-state index in [0.717, 1.165) is 6.07 Å². The molecule has 1 N–H and O–H groups in total. The zero-order valence-corrected chi connectivity index (χ0v) is 10.2. The van der Waals surface area contributed by atoms with Crippen molar-refractivity contribution in [3.63, 3.8) is 0 Å². The second kappa shape index (κ2) is 5.48. The summed E-state index contributed by atoms with van der Waals surface area (Å²) in [5.41, 5.74) is -0.301. The summed E-state index contributed by atoms with van der Waals surface area (Å²) >= 11 is 5.78. The molecule has 0 fully saturated rings. The molecule has 0 spiro atoms. The Kier molecular flexibility index (Phi) is 3.95. The highest BCUT2D eigenvalue weighted by molar-refractivity contribution is 6.31. The standard InChI is InChI=1S/C13H8ClF4N/c14-9-2-1-3-10(16)8(9)6-19-12-5-7(15)4-11(17)13(12)18/h1-5,19H,6H2. The number of anilines is 1. The maximum absolute atomic E-state index is 13.4.